The summed E-state index contributed by atoms with van der Waals surface area (Å²) in [5, 5.41) is 2.76. The zero-order chi connectivity index (χ0) is 18.7. The Labute approximate surface area is 152 Å². The number of carbonyl (C=O) groups is 3. The maximum atomic E-state index is 12.5. The lowest BCUT2D eigenvalue weighted by molar-refractivity contribution is -0.122. The van der Waals surface area contributed by atoms with E-state index in [9.17, 15) is 14.4 Å². The third-order valence-corrected chi connectivity index (χ3v) is 4.57. The summed E-state index contributed by atoms with van der Waals surface area (Å²) in [6.45, 7) is 2.41. The molecule has 3 N–H and O–H groups in total. The van der Waals surface area contributed by atoms with Crippen LogP contribution in [0.1, 0.15) is 29.3 Å². The Morgan fingerprint density at radius 2 is 1.92 bits per heavy atom. The van der Waals surface area contributed by atoms with E-state index >= 15 is 0 Å². The van der Waals surface area contributed by atoms with Crippen molar-refractivity contribution in [1.82, 2.24) is 0 Å². The highest BCUT2D eigenvalue weighted by Crippen LogP contribution is 2.26. The number of amides is 3. The number of aryl methyl sites for hydroxylation is 1. The van der Waals surface area contributed by atoms with Gasteiger partial charge in [0, 0.05) is 29.9 Å². The van der Waals surface area contributed by atoms with E-state index in [1.54, 1.807) is 23.1 Å². The minimum Gasteiger partial charge on any atom is -0.366 e. The van der Waals surface area contributed by atoms with E-state index in [0.29, 0.717) is 17.8 Å². The maximum absolute atomic E-state index is 12.5. The molecule has 3 amide bonds. The van der Waals surface area contributed by atoms with Crippen LogP contribution in [0.2, 0.25) is 0 Å². The number of hydrogen-bond donors (Lipinski definition) is 2. The molecule has 0 aromatic heterocycles. The Morgan fingerprint density at radius 3 is 2.58 bits per heavy atom. The van der Waals surface area contributed by atoms with Crippen LogP contribution in [0.15, 0.2) is 48.5 Å². The fourth-order valence-electron chi connectivity index (χ4n) is 3.04. The zero-order valence-corrected chi connectivity index (χ0v) is 14.6. The van der Waals surface area contributed by atoms with Gasteiger partial charge in [-0.3, -0.25) is 14.4 Å². The van der Waals surface area contributed by atoms with Crippen molar-refractivity contribution in [3.05, 3.63) is 59.7 Å². The van der Waals surface area contributed by atoms with Gasteiger partial charge in [0.1, 0.15) is 0 Å². The number of benzene rings is 2. The van der Waals surface area contributed by atoms with Gasteiger partial charge in [0.2, 0.25) is 17.7 Å². The van der Waals surface area contributed by atoms with Crippen LogP contribution in [-0.2, 0) is 16.0 Å². The topological polar surface area (TPSA) is 92.5 Å². The molecule has 1 unspecified atom stereocenters. The average molecular weight is 351 g/mol. The fraction of sp³-hybridized carbons (Fsp3) is 0.250. The lowest BCUT2D eigenvalue weighted by Crippen LogP contribution is -2.28. The van der Waals surface area contributed by atoms with Gasteiger partial charge in [-0.2, -0.15) is 0 Å². The van der Waals surface area contributed by atoms with Gasteiger partial charge in [-0.1, -0.05) is 25.1 Å². The van der Waals surface area contributed by atoms with E-state index in [-0.39, 0.29) is 18.2 Å². The van der Waals surface area contributed by atoms with Crippen molar-refractivity contribution in [1.29, 1.82) is 0 Å². The number of nitrogens with one attached hydrogen (secondary N) is 1. The van der Waals surface area contributed by atoms with E-state index in [2.05, 4.69) is 12.2 Å². The minimum absolute atomic E-state index is 0.0692. The Bertz CT molecular complexity index is 846. The van der Waals surface area contributed by atoms with Gasteiger partial charge in [0.05, 0.1) is 5.92 Å². The van der Waals surface area contributed by atoms with Gasteiger partial charge < -0.3 is 16.0 Å². The molecule has 2 aromatic carbocycles. The Balaban J connectivity index is 1.68. The molecule has 0 spiro atoms. The summed E-state index contributed by atoms with van der Waals surface area (Å²) >= 11 is 0. The fourth-order valence-corrected chi connectivity index (χ4v) is 3.04. The van der Waals surface area contributed by atoms with E-state index in [1.165, 1.54) is 11.6 Å². The quantitative estimate of drug-likeness (QED) is 0.866. The second-order valence-corrected chi connectivity index (χ2v) is 6.36. The molecule has 1 heterocycles. The third kappa shape index (κ3) is 3.74. The SMILES string of the molecule is CCc1ccc(N2CC(C(=O)Nc3cccc(C(N)=O)c3)CC2=O)cc1. The first-order valence-electron chi connectivity index (χ1n) is 8.58. The number of rotatable bonds is 5. The summed E-state index contributed by atoms with van der Waals surface area (Å²) in [7, 11) is 0. The summed E-state index contributed by atoms with van der Waals surface area (Å²) in [6.07, 6.45) is 1.10. The molecule has 0 bridgehead atoms. The molecule has 0 aliphatic carbocycles. The van der Waals surface area contributed by atoms with E-state index in [1.807, 2.05) is 24.3 Å². The number of nitrogens with zero attached hydrogens (tertiary/aromatic N) is 1. The van der Waals surface area contributed by atoms with Crippen molar-refractivity contribution in [2.24, 2.45) is 11.7 Å². The predicted molar refractivity (Wildman–Crippen MR) is 99.9 cm³/mol. The summed E-state index contributed by atoms with van der Waals surface area (Å²) in [5.41, 5.74) is 8.07. The zero-order valence-electron chi connectivity index (χ0n) is 14.6. The lowest BCUT2D eigenvalue weighted by atomic mass is 10.1. The number of carbonyl (C=O) groups excluding carboxylic acids is 3. The first-order chi connectivity index (χ1) is 12.5. The molecule has 6 heteroatoms. The van der Waals surface area contributed by atoms with Crippen LogP contribution in [0.5, 0.6) is 0 Å². The molecule has 0 saturated carbocycles. The first-order valence-corrected chi connectivity index (χ1v) is 8.58. The van der Waals surface area contributed by atoms with E-state index in [4.69, 9.17) is 5.73 Å². The highest BCUT2D eigenvalue weighted by Gasteiger charge is 2.35. The average Bonchev–Trinajstić information content (AvgIpc) is 3.04. The largest absolute Gasteiger partial charge is 0.366 e. The molecule has 26 heavy (non-hydrogen) atoms. The molecular formula is C20H21N3O3. The van der Waals surface area contributed by atoms with E-state index in [0.717, 1.165) is 12.1 Å². The molecule has 1 saturated heterocycles. The molecule has 0 radical (unpaired) electrons. The van der Waals surface area contributed by atoms with E-state index < -0.39 is 11.8 Å². The van der Waals surface area contributed by atoms with Crippen molar-refractivity contribution >= 4 is 29.1 Å². The summed E-state index contributed by atoms with van der Waals surface area (Å²) < 4.78 is 0. The summed E-state index contributed by atoms with van der Waals surface area (Å²) in [5.74, 6) is -1.31. The second-order valence-electron chi connectivity index (χ2n) is 6.36. The van der Waals surface area contributed by atoms with Gasteiger partial charge in [-0.05, 0) is 42.3 Å². The van der Waals surface area contributed by atoms with Crippen LogP contribution in [0.25, 0.3) is 0 Å². The van der Waals surface area contributed by atoms with Crippen LogP contribution in [0.3, 0.4) is 0 Å². The molecule has 3 rings (SSSR count). The highest BCUT2D eigenvalue weighted by atomic mass is 16.2. The Morgan fingerprint density at radius 1 is 1.19 bits per heavy atom. The second kappa shape index (κ2) is 7.39. The molecule has 1 atom stereocenters. The predicted octanol–water partition coefficient (Wildman–Crippen LogP) is 2.34. The van der Waals surface area contributed by atoms with Crippen LogP contribution in [-0.4, -0.2) is 24.3 Å². The molecule has 1 aliphatic rings. The maximum Gasteiger partial charge on any atom is 0.248 e. The lowest BCUT2D eigenvalue weighted by Gasteiger charge is -2.17. The number of nitrogens with two attached hydrogens (primary N) is 1. The van der Waals surface area contributed by atoms with Crippen molar-refractivity contribution in [2.75, 3.05) is 16.8 Å². The van der Waals surface area contributed by atoms with Crippen molar-refractivity contribution in [3.63, 3.8) is 0 Å². The first kappa shape index (κ1) is 17.7. The molecule has 6 nitrogen and oxygen atoms in total. The van der Waals surface area contributed by atoms with Gasteiger partial charge >= 0.3 is 0 Å². The number of primary amides is 1. The minimum atomic E-state index is -0.557. The van der Waals surface area contributed by atoms with Gasteiger partial charge in [0.25, 0.3) is 0 Å². The van der Waals surface area contributed by atoms with Crippen molar-refractivity contribution in [3.8, 4) is 0 Å². The molecule has 1 fully saturated rings. The molecular weight excluding hydrogens is 330 g/mol. The molecule has 1 aliphatic heterocycles. The molecule has 134 valence electrons. The standard InChI is InChI=1S/C20H21N3O3/c1-2-13-6-8-17(9-7-13)23-12-15(11-18(23)24)20(26)22-16-5-3-4-14(10-16)19(21)25/h3-10,15H,2,11-12H2,1H3,(H2,21,25)(H,22,26). The third-order valence-electron chi connectivity index (χ3n) is 4.57. The van der Waals surface area contributed by atoms with Gasteiger partial charge in [0.15, 0.2) is 0 Å². The Hall–Kier alpha value is -3.15. The van der Waals surface area contributed by atoms with Crippen LogP contribution in [0, 0.1) is 5.92 Å². The van der Waals surface area contributed by atoms with Crippen LogP contribution < -0.4 is 16.0 Å². The van der Waals surface area contributed by atoms with Gasteiger partial charge in [-0.25, -0.2) is 0 Å². The van der Waals surface area contributed by atoms with Gasteiger partial charge in [-0.15, -0.1) is 0 Å². The normalized spacial score (nSPS) is 16.6. The monoisotopic (exact) mass is 351 g/mol. The smallest absolute Gasteiger partial charge is 0.248 e. The van der Waals surface area contributed by atoms with Crippen LogP contribution >= 0.6 is 0 Å². The number of hydrogen-bond acceptors (Lipinski definition) is 3. The summed E-state index contributed by atoms with van der Waals surface area (Å²) in [6, 6.07) is 14.2. The van der Waals surface area contributed by atoms with Crippen molar-refractivity contribution in [2.45, 2.75) is 19.8 Å². The Kier molecular flexibility index (Phi) is 5.02. The highest BCUT2D eigenvalue weighted by molar-refractivity contribution is 6.04. The van der Waals surface area contributed by atoms with Crippen LogP contribution in [0.4, 0.5) is 11.4 Å². The van der Waals surface area contributed by atoms with Crippen molar-refractivity contribution < 1.29 is 14.4 Å². The summed E-state index contributed by atoms with van der Waals surface area (Å²) in [4.78, 5) is 37.7. The molecule has 2 aromatic rings. The number of anilines is 2.